The minimum absolute atomic E-state index is 0.160. The van der Waals surface area contributed by atoms with Gasteiger partial charge in [-0.3, -0.25) is 10.2 Å². The SMILES string of the molecule is N=c1oc2ccc(Br)cc2cc1C(=O)Nc1cccc2ccccc12. The fraction of sp³-hybridized carbons (Fsp3) is 0. The van der Waals surface area contributed by atoms with Crippen molar-refractivity contribution in [1.82, 2.24) is 0 Å². The van der Waals surface area contributed by atoms with E-state index in [2.05, 4.69) is 21.2 Å². The summed E-state index contributed by atoms with van der Waals surface area (Å²) in [6, 6.07) is 20.7. The normalized spacial score (nSPS) is 10.9. The van der Waals surface area contributed by atoms with Gasteiger partial charge >= 0.3 is 0 Å². The van der Waals surface area contributed by atoms with Gasteiger partial charge in [-0.25, -0.2) is 0 Å². The van der Waals surface area contributed by atoms with E-state index in [4.69, 9.17) is 9.83 Å². The Morgan fingerprint density at radius 3 is 2.64 bits per heavy atom. The number of anilines is 1. The molecule has 0 atom stereocenters. The van der Waals surface area contributed by atoms with Gasteiger partial charge in [0, 0.05) is 20.9 Å². The molecule has 4 rings (SSSR count). The van der Waals surface area contributed by atoms with Crippen molar-refractivity contribution in [2.75, 3.05) is 5.32 Å². The van der Waals surface area contributed by atoms with Gasteiger partial charge in [-0.15, -0.1) is 0 Å². The van der Waals surface area contributed by atoms with E-state index in [0.717, 1.165) is 20.6 Å². The van der Waals surface area contributed by atoms with Crippen molar-refractivity contribution >= 4 is 49.3 Å². The van der Waals surface area contributed by atoms with Crippen LogP contribution in [0.2, 0.25) is 0 Å². The number of nitrogens with one attached hydrogen (secondary N) is 2. The zero-order valence-electron chi connectivity index (χ0n) is 13.0. The van der Waals surface area contributed by atoms with Crippen LogP contribution in [-0.4, -0.2) is 5.91 Å². The van der Waals surface area contributed by atoms with E-state index in [1.165, 1.54) is 0 Å². The van der Waals surface area contributed by atoms with Gasteiger partial charge in [0.15, 0.2) is 0 Å². The van der Waals surface area contributed by atoms with Crippen molar-refractivity contribution < 1.29 is 9.21 Å². The van der Waals surface area contributed by atoms with Crippen LogP contribution in [0.15, 0.2) is 75.6 Å². The summed E-state index contributed by atoms with van der Waals surface area (Å²) >= 11 is 3.40. The lowest BCUT2D eigenvalue weighted by Gasteiger charge is -2.09. The molecule has 1 aromatic heterocycles. The third-order valence-corrected chi connectivity index (χ3v) is 4.50. The number of rotatable bonds is 2. The number of hydrogen-bond donors (Lipinski definition) is 2. The maximum absolute atomic E-state index is 12.7. The van der Waals surface area contributed by atoms with E-state index in [0.29, 0.717) is 11.3 Å². The van der Waals surface area contributed by atoms with Crippen LogP contribution in [0, 0.1) is 5.41 Å². The number of benzene rings is 3. The van der Waals surface area contributed by atoms with Crippen LogP contribution in [0.5, 0.6) is 0 Å². The van der Waals surface area contributed by atoms with E-state index in [1.54, 1.807) is 12.1 Å². The molecule has 122 valence electrons. The number of hydrogen-bond acceptors (Lipinski definition) is 3. The first kappa shape index (κ1) is 15.6. The molecule has 3 aromatic carbocycles. The Balaban J connectivity index is 1.77. The molecule has 25 heavy (non-hydrogen) atoms. The minimum atomic E-state index is -0.369. The number of fused-ring (bicyclic) bond motifs is 2. The summed E-state index contributed by atoms with van der Waals surface area (Å²) < 4.78 is 6.36. The second-order valence-electron chi connectivity index (χ2n) is 5.65. The Kier molecular flexibility index (Phi) is 3.86. The quantitative estimate of drug-likeness (QED) is 0.499. The largest absolute Gasteiger partial charge is 0.438 e. The first-order chi connectivity index (χ1) is 12.1. The molecule has 0 aliphatic heterocycles. The minimum Gasteiger partial charge on any atom is -0.438 e. The van der Waals surface area contributed by atoms with Gasteiger partial charge in [0.05, 0.1) is 0 Å². The van der Waals surface area contributed by atoms with Crippen molar-refractivity contribution in [2.24, 2.45) is 0 Å². The maximum atomic E-state index is 12.7. The van der Waals surface area contributed by atoms with Crippen molar-refractivity contribution in [3.05, 3.63) is 82.3 Å². The zero-order chi connectivity index (χ0) is 17.4. The first-order valence-corrected chi connectivity index (χ1v) is 8.48. The van der Waals surface area contributed by atoms with E-state index in [1.807, 2.05) is 54.6 Å². The van der Waals surface area contributed by atoms with Crippen molar-refractivity contribution in [1.29, 1.82) is 5.41 Å². The molecule has 0 bridgehead atoms. The summed E-state index contributed by atoms with van der Waals surface area (Å²) in [5.41, 5.74) is 1.30. The van der Waals surface area contributed by atoms with E-state index in [9.17, 15) is 4.79 Å². The molecule has 1 amide bonds. The molecule has 0 saturated heterocycles. The maximum Gasteiger partial charge on any atom is 0.261 e. The van der Waals surface area contributed by atoms with Gasteiger partial charge in [0.2, 0.25) is 5.55 Å². The van der Waals surface area contributed by atoms with Gasteiger partial charge in [-0.1, -0.05) is 52.3 Å². The van der Waals surface area contributed by atoms with Crippen LogP contribution in [0.4, 0.5) is 5.69 Å². The molecule has 4 aromatic rings. The molecule has 4 nitrogen and oxygen atoms in total. The highest BCUT2D eigenvalue weighted by atomic mass is 79.9. The monoisotopic (exact) mass is 392 g/mol. The molecule has 0 aliphatic carbocycles. The van der Waals surface area contributed by atoms with Crippen LogP contribution in [-0.2, 0) is 0 Å². The Hall–Kier alpha value is -2.92. The van der Waals surface area contributed by atoms with Gasteiger partial charge in [0.1, 0.15) is 11.1 Å². The zero-order valence-corrected chi connectivity index (χ0v) is 14.6. The van der Waals surface area contributed by atoms with Crippen LogP contribution < -0.4 is 10.9 Å². The van der Waals surface area contributed by atoms with E-state index >= 15 is 0 Å². The number of amides is 1. The Bertz CT molecular complexity index is 1180. The molecular weight excluding hydrogens is 380 g/mol. The number of carbonyl (C=O) groups is 1. The lowest BCUT2D eigenvalue weighted by molar-refractivity contribution is 0.102. The summed E-state index contributed by atoms with van der Waals surface area (Å²) in [6.07, 6.45) is 0. The summed E-state index contributed by atoms with van der Waals surface area (Å²) in [6.45, 7) is 0. The summed E-state index contributed by atoms with van der Waals surface area (Å²) in [5.74, 6) is -0.369. The third kappa shape index (κ3) is 2.94. The predicted molar refractivity (Wildman–Crippen MR) is 102 cm³/mol. The summed E-state index contributed by atoms with van der Waals surface area (Å²) in [7, 11) is 0. The number of halogens is 1. The summed E-state index contributed by atoms with van der Waals surface area (Å²) in [5, 5.41) is 13.7. The van der Waals surface area contributed by atoms with Crippen molar-refractivity contribution in [3.8, 4) is 0 Å². The van der Waals surface area contributed by atoms with Crippen LogP contribution in [0.25, 0.3) is 21.7 Å². The smallest absolute Gasteiger partial charge is 0.261 e. The highest BCUT2D eigenvalue weighted by Gasteiger charge is 2.13. The molecule has 0 radical (unpaired) electrons. The average molecular weight is 393 g/mol. The van der Waals surface area contributed by atoms with Gasteiger partial charge in [-0.05, 0) is 35.7 Å². The van der Waals surface area contributed by atoms with Gasteiger partial charge in [0.25, 0.3) is 5.91 Å². The fourth-order valence-corrected chi connectivity index (χ4v) is 3.18. The second-order valence-corrected chi connectivity index (χ2v) is 6.57. The Morgan fingerprint density at radius 1 is 0.960 bits per heavy atom. The van der Waals surface area contributed by atoms with Crippen molar-refractivity contribution in [2.45, 2.75) is 0 Å². The molecule has 1 heterocycles. The van der Waals surface area contributed by atoms with Gasteiger partial charge < -0.3 is 9.73 Å². The number of carbonyl (C=O) groups excluding carboxylic acids is 1. The van der Waals surface area contributed by atoms with Crippen LogP contribution >= 0.6 is 15.9 Å². The highest BCUT2D eigenvalue weighted by Crippen LogP contribution is 2.24. The van der Waals surface area contributed by atoms with E-state index in [-0.39, 0.29) is 17.0 Å². The van der Waals surface area contributed by atoms with Crippen LogP contribution in [0.1, 0.15) is 10.4 Å². The Morgan fingerprint density at radius 2 is 1.76 bits per heavy atom. The fourth-order valence-electron chi connectivity index (χ4n) is 2.80. The first-order valence-electron chi connectivity index (χ1n) is 7.69. The molecule has 0 unspecified atom stereocenters. The molecule has 0 fully saturated rings. The molecule has 5 heteroatoms. The van der Waals surface area contributed by atoms with Gasteiger partial charge in [-0.2, -0.15) is 0 Å². The lowest BCUT2D eigenvalue weighted by atomic mass is 10.1. The van der Waals surface area contributed by atoms with Crippen molar-refractivity contribution in [3.63, 3.8) is 0 Å². The molecular formula is C20H13BrN2O2. The summed E-state index contributed by atoms with van der Waals surface area (Å²) in [4.78, 5) is 12.7. The topological polar surface area (TPSA) is 66.1 Å². The molecule has 0 saturated carbocycles. The standard InChI is InChI=1S/C20H13BrN2O2/c21-14-8-9-18-13(10-14)11-16(19(22)25-18)20(24)23-17-7-3-5-12-4-1-2-6-15(12)17/h1-11,22H,(H,23,24). The van der Waals surface area contributed by atoms with Crippen LogP contribution in [0.3, 0.4) is 0 Å². The molecule has 2 N–H and O–H groups in total. The third-order valence-electron chi connectivity index (χ3n) is 4.01. The second kappa shape index (κ2) is 6.18. The Labute approximate surface area is 151 Å². The molecule has 0 aliphatic rings. The average Bonchev–Trinajstić information content (AvgIpc) is 2.62. The predicted octanol–water partition coefficient (Wildman–Crippen LogP) is 5.08. The lowest BCUT2D eigenvalue weighted by Crippen LogP contribution is -2.20. The van der Waals surface area contributed by atoms with E-state index < -0.39 is 0 Å². The highest BCUT2D eigenvalue weighted by molar-refractivity contribution is 9.10. The molecule has 0 spiro atoms.